The Morgan fingerprint density at radius 3 is 2.54 bits per heavy atom. The van der Waals surface area contributed by atoms with Gasteiger partial charge in [-0.2, -0.15) is 0 Å². The lowest BCUT2D eigenvalue weighted by Gasteiger charge is -2.37. The highest BCUT2D eigenvalue weighted by Gasteiger charge is 2.38. The predicted molar refractivity (Wildman–Crippen MR) is 103 cm³/mol. The second-order valence-electron chi connectivity index (χ2n) is 7.61. The second kappa shape index (κ2) is 8.33. The molecular weight excluding hydrogens is 385 g/mol. The smallest absolute Gasteiger partial charge is 0.192 e. The first-order valence-corrected chi connectivity index (χ1v) is 12.8. The molecule has 0 bridgehead atoms. The first-order chi connectivity index (χ1) is 11.1. The standard InChI is InChI=1S/C16H27Cl2NO3SSi/c1-16(2,3)24(4,5)21-10-11(13-14(17)19-15(18)23-13)22-12-8-6-7-9-20-12/h11-12H,6-10H2,1-5H3. The molecule has 2 atom stereocenters. The number of ether oxygens (including phenoxy) is 2. The summed E-state index contributed by atoms with van der Waals surface area (Å²) in [6.07, 6.45) is 2.56. The third-order valence-corrected chi connectivity index (χ3v) is 10.9. The van der Waals surface area contributed by atoms with Gasteiger partial charge in [0, 0.05) is 6.61 Å². The Hall–Kier alpha value is 0.307. The van der Waals surface area contributed by atoms with Gasteiger partial charge in [-0.05, 0) is 37.4 Å². The molecule has 1 saturated heterocycles. The molecule has 4 nitrogen and oxygen atoms in total. The van der Waals surface area contributed by atoms with Crippen molar-refractivity contribution in [2.75, 3.05) is 13.2 Å². The molecule has 0 aromatic carbocycles. The van der Waals surface area contributed by atoms with Gasteiger partial charge in [0.25, 0.3) is 0 Å². The fourth-order valence-corrected chi connectivity index (χ4v) is 4.62. The van der Waals surface area contributed by atoms with Gasteiger partial charge in [0.1, 0.15) is 11.3 Å². The minimum absolute atomic E-state index is 0.133. The molecule has 24 heavy (non-hydrogen) atoms. The Balaban J connectivity index is 2.12. The molecule has 0 saturated carbocycles. The maximum Gasteiger partial charge on any atom is 0.192 e. The number of aromatic nitrogens is 1. The predicted octanol–water partition coefficient (Wildman–Crippen LogP) is 6.06. The quantitative estimate of drug-likeness (QED) is 0.533. The van der Waals surface area contributed by atoms with Gasteiger partial charge in [0.05, 0.1) is 11.5 Å². The fraction of sp³-hybridized carbons (Fsp3) is 0.812. The Morgan fingerprint density at radius 1 is 1.33 bits per heavy atom. The van der Waals surface area contributed by atoms with Gasteiger partial charge in [-0.1, -0.05) is 44.0 Å². The van der Waals surface area contributed by atoms with E-state index >= 15 is 0 Å². The number of thiazole rings is 1. The third kappa shape index (κ3) is 5.40. The maximum atomic E-state index is 6.35. The van der Waals surface area contributed by atoms with E-state index in [-0.39, 0.29) is 17.4 Å². The van der Waals surface area contributed by atoms with E-state index in [0.717, 1.165) is 30.7 Å². The molecule has 1 aliphatic rings. The van der Waals surface area contributed by atoms with Crippen LogP contribution in [0.4, 0.5) is 0 Å². The first-order valence-electron chi connectivity index (χ1n) is 8.33. The van der Waals surface area contributed by atoms with Crippen LogP contribution in [0.5, 0.6) is 0 Å². The largest absolute Gasteiger partial charge is 0.414 e. The molecule has 0 radical (unpaired) electrons. The van der Waals surface area contributed by atoms with Gasteiger partial charge in [-0.15, -0.1) is 11.3 Å². The number of hydrogen-bond donors (Lipinski definition) is 0. The summed E-state index contributed by atoms with van der Waals surface area (Å²) < 4.78 is 18.7. The summed E-state index contributed by atoms with van der Waals surface area (Å²) in [7, 11) is -1.89. The number of rotatable bonds is 6. The van der Waals surface area contributed by atoms with Crippen molar-refractivity contribution in [3.8, 4) is 0 Å². The van der Waals surface area contributed by atoms with E-state index in [9.17, 15) is 0 Å². The highest BCUT2D eigenvalue weighted by atomic mass is 35.5. The molecule has 0 amide bonds. The van der Waals surface area contributed by atoms with Crippen molar-refractivity contribution in [3.63, 3.8) is 0 Å². The number of halogens is 2. The van der Waals surface area contributed by atoms with Gasteiger partial charge in [0.2, 0.25) is 0 Å². The Morgan fingerprint density at radius 2 is 2.04 bits per heavy atom. The highest BCUT2D eigenvalue weighted by Crippen LogP contribution is 2.40. The van der Waals surface area contributed by atoms with Gasteiger partial charge < -0.3 is 13.9 Å². The molecule has 138 valence electrons. The van der Waals surface area contributed by atoms with Crippen molar-refractivity contribution in [2.24, 2.45) is 0 Å². The van der Waals surface area contributed by atoms with E-state index in [1.165, 1.54) is 11.3 Å². The van der Waals surface area contributed by atoms with Crippen LogP contribution < -0.4 is 0 Å². The monoisotopic (exact) mass is 411 g/mol. The molecule has 1 aliphatic heterocycles. The molecule has 2 unspecified atom stereocenters. The number of hydrogen-bond acceptors (Lipinski definition) is 5. The van der Waals surface area contributed by atoms with Crippen LogP contribution in [0.15, 0.2) is 0 Å². The average Bonchev–Trinajstić information content (AvgIpc) is 2.82. The summed E-state index contributed by atoms with van der Waals surface area (Å²) in [6.45, 7) is 12.3. The van der Waals surface area contributed by atoms with E-state index < -0.39 is 8.32 Å². The van der Waals surface area contributed by atoms with Crippen LogP contribution in [0, 0.1) is 0 Å². The Kier molecular flexibility index (Phi) is 7.16. The summed E-state index contributed by atoms with van der Waals surface area (Å²) >= 11 is 13.6. The van der Waals surface area contributed by atoms with Crippen molar-refractivity contribution >= 4 is 42.9 Å². The Labute approximate surface area is 159 Å². The van der Waals surface area contributed by atoms with E-state index in [1.54, 1.807) is 0 Å². The summed E-state index contributed by atoms with van der Waals surface area (Å²) in [6, 6.07) is 0. The van der Waals surface area contributed by atoms with E-state index in [0.29, 0.717) is 16.2 Å². The fourth-order valence-electron chi connectivity index (χ4n) is 2.17. The van der Waals surface area contributed by atoms with Gasteiger partial charge >= 0.3 is 0 Å². The Bertz CT molecular complexity index is 542. The van der Waals surface area contributed by atoms with Crippen LogP contribution in [0.25, 0.3) is 0 Å². The molecular formula is C16H27Cl2NO3SSi. The van der Waals surface area contributed by atoms with Crippen molar-refractivity contribution in [2.45, 2.75) is 70.6 Å². The molecule has 1 aromatic heterocycles. The SMILES string of the molecule is CC(C)(C)[Si](C)(C)OCC(OC1CCCCO1)c1sc(Cl)nc1Cl. The van der Waals surface area contributed by atoms with Crippen LogP contribution >= 0.6 is 34.5 Å². The lowest BCUT2D eigenvalue weighted by Crippen LogP contribution is -2.42. The maximum absolute atomic E-state index is 6.35. The van der Waals surface area contributed by atoms with Gasteiger partial charge in [-0.25, -0.2) is 4.98 Å². The van der Waals surface area contributed by atoms with Crippen LogP contribution in [0.3, 0.4) is 0 Å². The zero-order valence-electron chi connectivity index (χ0n) is 15.0. The van der Waals surface area contributed by atoms with Crippen molar-refractivity contribution in [3.05, 3.63) is 14.5 Å². The van der Waals surface area contributed by atoms with Crippen molar-refractivity contribution < 1.29 is 13.9 Å². The zero-order valence-corrected chi connectivity index (χ0v) is 18.4. The molecule has 0 spiro atoms. The van der Waals surface area contributed by atoms with Crippen molar-refractivity contribution in [1.29, 1.82) is 0 Å². The topological polar surface area (TPSA) is 40.6 Å². The van der Waals surface area contributed by atoms with Crippen LogP contribution in [0.1, 0.15) is 51.0 Å². The zero-order chi connectivity index (χ0) is 18.0. The summed E-state index contributed by atoms with van der Waals surface area (Å²) in [5.74, 6) is 0. The summed E-state index contributed by atoms with van der Waals surface area (Å²) in [4.78, 5) is 4.92. The van der Waals surface area contributed by atoms with E-state index in [4.69, 9.17) is 37.1 Å². The normalized spacial score (nSPS) is 21.0. The molecule has 1 fully saturated rings. The van der Waals surface area contributed by atoms with Crippen LogP contribution in [-0.4, -0.2) is 32.8 Å². The molecule has 0 aliphatic carbocycles. The molecule has 1 aromatic rings. The third-order valence-electron chi connectivity index (χ3n) is 4.73. The van der Waals surface area contributed by atoms with E-state index in [2.05, 4.69) is 38.8 Å². The molecule has 2 rings (SSSR count). The van der Waals surface area contributed by atoms with Crippen molar-refractivity contribution in [1.82, 2.24) is 4.98 Å². The van der Waals surface area contributed by atoms with Gasteiger partial charge in [0.15, 0.2) is 19.1 Å². The second-order valence-corrected chi connectivity index (χ2v) is 14.4. The molecule has 0 N–H and O–H groups in total. The molecule has 2 heterocycles. The van der Waals surface area contributed by atoms with E-state index in [1.807, 2.05) is 0 Å². The van der Waals surface area contributed by atoms with Crippen LogP contribution in [-0.2, 0) is 13.9 Å². The minimum Gasteiger partial charge on any atom is -0.414 e. The summed E-state index contributed by atoms with van der Waals surface area (Å²) in [5.41, 5.74) is 0. The number of nitrogens with zero attached hydrogens (tertiary/aromatic N) is 1. The average molecular weight is 412 g/mol. The highest BCUT2D eigenvalue weighted by molar-refractivity contribution is 7.16. The lowest BCUT2D eigenvalue weighted by molar-refractivity contribution is -0.195. The first kappa shape index (κ1) is 20.6. The van der Waals surface area contributed by atoms with Crippen LogP contribution in [0.2, 0.25) is 27.8 Å². The lowest BCUT2D eigenvalue weighted by atomic mass is 10.2. The van der Waals surface area contributed by atoms with Gasteiger partial charge in [-0.3, -0.25) is 0 Å². The molecule has 8 heteroatoms. The minimum atomic E-state index is -1.89. The summed E-state index contributed by atoms with van der Waals surface area (Å²) in [5, 5.41) is 0.526.